The topological polar surface area (TPSA) is 63.3 Å². The van der Waals surface area contributed by atoms with Gasteiger partial charge in [-0.1, -0.05) is 12.1 Å². The molecule has 2 rings (SSSR count). The van der Waals surface area contributed by atoms with Gasteiger partial charge in [-0.25, -0.2) is 4.39 Å². The Labute approximate surface area is 155 Å². The molecule has 0 bridgehead atoms. The van der Waals surface area contributed by atoms with Gasteiger partial charge in [0.1, 0.15) is 5.82 Å². The van der Waals surface area contributed by atoms with Crippen LogP contribution < -0.4 is 5.73 Å². The van der Waals surface area contributed by atoms with Crippen molar-refractivity contribution in [1.29, 1.82) is 0 Å². The van der Waals surface area contributed by atoms with E-state index in [2.05, 4.69) is 0 Å². The fraction of sp³-hybridized carbons (Fsp3) is 0.188. The molecule has 2 aromatic rings. The van der Waals surface area contributed by atoms with E-state index >= 15 is 0 Å². The van der Waals surface area contributed by atoms with E-state index in [1.165, 1.54) is 12.1 Å². The van der Waals surface area contributed by atoms with Gasteiger partial charge in [0.25, 0.3) is 0 Å². The maximum atomic E-state index is 13.6. The van der Waals surface area contributed by atoms with Crippen LogP contribution >= 0.6 is 11.8 Å². The smallest absolute Gasteiger partial charge is 0.307 e. The molecule has 0 aliphatic heterocycles. The summed E-state index contributed by atoms with van der Waals surface area (Å²) in [5.41, 5.74) is 8.26. The second kappa shape index (κ2) is 8.58. The molecular formula is C16H16FNNaO2S. The van der Waals surface area contributed by atoms with Crippen LogP contribution in [0.2, 0.25) is 0 Å². The predicted molar refractivity (Wildman–Crippen MR) is 88.9 cm³/mol. The van der Waals surface area contributed by atoms with Crippen LogP contribution in [0.5, 0.6) is 0 Å². The Kier molecular flexibility index (Phi) is 7.42. The number of rotatable bonds is 5. The first-order valence-electron chi connectivity index (χ1n) is 6.41. The van der Waals surface area contributed by atoms with Crippen molar-refractivity contribution in [2.45, 2.75) is 17.7 Å². The summed E-state index contributed by atoms with van der Waals surface area (Å²) in [7, 11) is 0. The minimum Gasteiger partial charge on any atom is -0.481 e. The standard InChI is InChI=1S/C16H16FNO2S.Na/c1-21-14-4-2-10(3-5-14)6-11-7-13(17)8-12(16(11)18)9-15(19)20;/h2-5,7-8H,6,9,18H2,1H3,(H,19,20);. The fourth-order valence-corrected chi connectivity index (χ4v) is 2.56. The first-order valence-corrected chi connectivity index (χ1v) is 7.63. The number of anilines is 1. The molecule has 0 aromatic heterocycles. The number of nitrogens with two attached hydrogens (primary N) is 1. The molecule has 0 unspecified atom stereocenters. The van der Waals surface area contributed by atoms with Crippen molar-refractivity contribution in [1.82, 2.24) is 0 Å². The normalized spacial score (nSPS) is 10.1. The van der Waals surface area contributed by atoms with Gasteiger partial charge in [-0.3, -0.25) is 4.79 Å². The van der Waals surface area contributed by atoms with Crippen molar-refractivity contribution < 1.29 is 14.3 Å². The predicted octanol–water partition coefficient (Wildman–Crippen LogP) is 2.97. The number of halogens is 1. The number of hydrogen-bond donors (Lipinski definition) is 2. The SMILES string of the molecule is CSc1ccc(Cc2cc(F)cc(CC(=O)O)c2N)cc1.[Na]. The zero-order chi connectivity index (χ0) is 15.4. The molecule has 0 heterocycles. The summed E-state index contributed by atoms with van der Waals surface area (Å²) >= 11 is 1.65. The van der Waals surface area contributed by atoms with Gasteiger partial charge in [0.2, 0.25) is 0 Å². The quantitative estimate of drug-likeness (QED) is 0.503. The number of nitrogen functional groups attached to an aromatic ring is 1. The molecule has 22 heavy (non-hydrogen) atoms. The second-order valence-corrected chi connectivity index (χ2v) is 5.61. The van der Waals surface area contributed by atoms with Gasteiger partial charge in [-0.2, -0.15) is 0 Å². The van der Waals surface area contributed by atoms with E-state index in [4.69, 9.17) is 10.8 Å². The van der Waals surface area contributed by atoms with Crippen molar-refractivity contribution in [3.05, 3.63) is 58.9 Å². The first kappa shape index (κ1) is 19.0. The first-order chi connectivity index (χ1) is 9.99. The molecule has 0 fully saturated rings. The van der Waals surface area contributed by atoms with Crippen LogP contribution in [0.3, 0.4) is 0 Å². The van der Waals surface area contributed by atoms with E-state index < -0.39 is 11.8 Å². The molecule has 111 valence electrons. The van der Waals surface area contributed by atoms with Crippen LogP contribution in [0.4, 0.5) is 10.1 Å². The zero-order valence-electron chi connectivity index (χ0n) is 12.6. The second-order valence-electron chi connectivity index (χ2n) is 4.73. The van der Waals surface area contributed by atoms with Gasteiger partial charge in [-0.15, -0.1) is 11.8 Å². The third kappa shape index (κ3) is 5.02. The number of benzene rings is 2. The van der Waals surface area contributed by atoms with Gasteiger partial charge in [-0.05, 0) is 53.6 Å². The Hall–Kier alpha value is -1.01. The number of carboxylic acids is 1. The van der Waals surface area contributed by atoms with Crippen LogP contribution in [-0.2, 0) is 17.6 Å². The number of carboxylic acid groups (broad SMARTS) is 1. The molecule has 0 aliphatic rings. The van der Waals surface area contributed by atoms with Crippen LogP contribution in [0.15, 0.2) is 41.3 Å². The Bertz CT molecular complexity index is 662. The van der Waals surface area contributed by atoms with Gasteiger partial charge in [0.05, 0.1) is 6.42 Å². The van der Waals surface area contributed by atoms with E-state index in [0.29, 0.717) is 23.2 Å². The maximum absolute atomic E-state index is 13.6. The molecule has 3 N–H and O–H groups in total. The minimum absolute atomic E-state index is 0. The maximum Gasteiger partial charge on any atom is 0.307 e. The van der Waals surface area contributed by atoms with Gasteiger partial charge < -0.3 is 10.8 Å². The monoisotopic (exact) mass is 328 g/mol. The third-order valence-electron chi connectivity index (χ3n) is 3.21. The molecular weight excluding hydrogens is 312 g/mol. The Morgan fingerprint density at radius 3 is 2.36 bits per heavy atom. The minimum atomic E-state index is -1.03. The molecule has 3 nitrogen and oxygen atoms in total. The van der Waals surface area contributed by atoms with Crippen LogP contribution in [0, 0.1) is 5.82 Å². The number of hydrogen-bond acceptors (Lipinski definition) is 3. The van der Waals surface area contributed by atoms with Crippen LogP contribution in [0.25, 0.3) is 0 Å². The summed E-state index contributed by atoms with van der Waals surface area (Å²) < 4.78 is 13.6. The number of carbonyl (C=O) groups is 1. The molecule has 2 aromatic carbocycles. The molecule has 0 atom stereocenters. The molecule has 1 radical (unpaired) electrons. The largest absolute Gasteiger partial charge is 0.481 e. The van der Waals surface area contributed by atoms with E-state index in [1.807, 2.05) is 30.5 Å². The summed E-state index contributed by atoms with van der Waals surface area (Å²) in [5, 5.41) is 8.84. The van der Waals surface area contributed by atoms with Crippen LogP contribution in [-0.4, -0.2) is 46.9 Å². The third-order valence-corrected chi connectivity index (χ3v) is 3.96. The summed E-state index contributed by atoms with van der Waals surface area (Å²) in [4.78, 5) is 11.9. The Morgan fingerprint density at radius 2 is 1.82 bits per heavy atom. The van der Waals surface area contributed by atoms with Gasteiger partial charge >= 0.3 is 5.97 Å². The van der Waals surface area contributed by atoms with Crippen LogP contribution in [0.1, 0.15) is 16.7 Å². The van der Waals surface area contributed by atoms with E-state index in [0.717, 1.165) is 10.5 Å². The summed E-state index contributed by atoms with van der Waals surface area (Å²) in [6, 6.07) is 10.5. The Balaban J connectivity index is 0.00000242. The molecule has 0 amide bonds. The summed E-state index contributed by atoms with van der Waals surface area (Å²) in [6.45, 7) is 0. The fourth-order valence-electron chi connectivity index (χ4n) is 2.16. The molecule has 0 saturated carbocycles. The number of thioether (sulfide) groups is 1. The molecule has 0 spiro atoms. The van der Waals surface area contributed by atoms with Crippen molar-refractivity contribution in [3.63, 3.8) is 0 Å². The van der Waals surface area contributed by atoms with E-state index in [9.17, 15) is 9.18 Å². The molecule has 6 heteroatoms. The average Bonchev–Trinajstić information content (AvgIpc) is 2.44. The van der Waals surface area contributed by atoms with Crippen molar-refractivity contribution in [2.24, 2.45) is 0 Å². The van der Waals surface area contributed by atoms with Gasteiger partial charge in [0.15, 0.2) is 0 Å². The summed E-state index contributed by atoms with van der Waals surface area (Å²) in [5.74, 6) is -1.49. The molecule has 0 aliphatic carbocycles. The van der Waals surface area contributed by atoms with Crippen molar-refractivity contribution in [2.75, 3.05) is 12.0 Å². The van der Waals surface area contributed by atoms with Gasteiger partial charge in [0, 0.05) is 40.1 Å². The zero-order valence-corrected chi connectivity index (χ0v) is 15.4. The van der Waals surface area contributed by atoms with E-state index in [1.54, 1.807) is 11.8 Å². The van der Waals surface area contributed by atoms with Crippen molar-refractivity contribution in [3.8, 4) is 0 Å². The Morgan fingerprint density at radius 1 is 1.23 bits per heavy atom. The summed E-state index contributed by atoms with van der Waals surface area (Å²) in [6.07, 6.45) is 2.20. The average molecular weight is 328 g/mol. The number of aliphatic carboxylic acids is 1. The van der Waals surface area contributed by atoms with E-state index in [-0.39, 0.29) is 36.0 Å². The van der Waals surface area contributed by atoms with Crippen molar-refractivity contribution >= 4 is 53.0 Å². The molecule has 0 saturated heterocycles.